The van der Waals surface area contributed by atoms with Gasteiger partial charge in [0.25, 0.3) is 0 Å². The first-order valence-corrected chi connectivity index (χ1v) is 8.86. The number of nitrogens with one attached hydrogen (secondary N) is 2. The SMILES string of the molecule is COCCOc1ccc(NC(=O)Nc2ccc(S(N)(=O)=O)cc2)cc1. The molecule has 2 aromatic carbocycles. The standard InChI is InChI=1S/C16H19N3O5S/c1-23-10-11-24-14-6-2-12(3-7-14)18-16(20)19-13-4-8-15(9-5-13)25(17,21)22/h2-9H,10-11H2,1H3,(H2,17,21,22)(H2,18,19,20). The second kappa shape index (κ2) is 8.47. The quantitative estimate of drug-likeness (QED) is 0.648. The molecule has 0 radical (unpaired) electrons. The number of benzene rings is 2. The summed E-state index contributed by atoms with van der Waals surface area (Å²) in [5.41, 5.74) is 1.02. The number of primary sulfonamides is 1. The van der Waals surface area contributed by atoms with E-state index in [9.17, 15) is 13.2 Å². The Morgan fingerprint density at radius 3 is 1.96 bits per heavy atom. The van der Waals surface area contributed by atoms with Crippen molar-refractivity contribution in [1.82, 2.24) is 0 Å². The van der Waals surface area contributed by atoms with Gasteiger partial charge in [-0.3, -0.25) is 0 Å². The fourth-order valence-electron chi connectivity index (χ4n) is 1.90. The van der Waals surface area contributed by atoms with Gasteiger partial charge in [-0.1, -0.05) is 0 Å². The predicted octanol–water partition coefficient (Wildman–Crippen LogP) is 2.00. The highest BCUT2D eigenvalue weighted by atomic mass is 32.2. The normalized spacial score (nSPS) is 11.0. The molecule has 0 spiro atoms. The zero-order chi connectivity index (χ0) is 18.3. The third kappa shape index (κ3) is 6.07. The molecule has 0 saturated heterocycles. The highest BCUT2D eigenvalue weighted by molar-refractivity contribution is 7.89. The summed E-state index contributed by atoms with van der Waals surface area (Å²) in [5, 5.41) is 10.3. The number of carbonyl (C=O) groups excluding carboxylic acids is 1. The summed E-state index contributed by atoms with van der Waals surface area (Å²) in [4.78, 5) is 11.9. The number of sulfonamides is 1. The molecule has 2 amide bonds. The second-order valence-electron chi connectivity index (χ2n) is 5.01. The fourth-order valence-corrected chi connectivity index (χ4v) is 2.41. The van der Waals surface area contributed by atoms with Crippen LogP contribution >= 0.6 is 0 Å². The minimum atomic E-state index is -3.76. The molecule has 0 aromatic heterocycles. The third-order valence-corrected chi connectivity index (χ3v) is 4.04. The lowest BCUT2D eigenvalue weighted by Gasteiger charge is -2.09. The molecule has 0 bridgehead atoms. The van der Waals surface area contributed by atoms with Gasteiger partial charge in [0.05, 0.1) is 11.5 Å². The first-order chi connectivity index (χ1) is 11.9. The summed E-state index contributed by atoms with van der Waals surface area (Å²) in [7, 11) is -2.16. The van der Waals surface area contributed by atoms with Gasteiger partial charge in [-0.25, -0.2) is 18.4 Å². The van der Waals surface area contributed by atoms with Crippen LogP contribution in [0.5, 0.6) is 5.75 Å². The van der Waals surface area contributed by atoms with E-state index in [4.69, 9.17) is 14.6 Å². The van der Waals surface area contributed by atoms with Crippen molar-refractivity contribution in [2.24, 2.45) is 5.14 Å². The fraction of sp³-hybridized carbons (Fsp3) is 0.188. The van der Waals surface area contributed by atoms with E-state index < -0.39 is 16.1 Å². The molecule has 0 heterocycles. The Bertz CT molecular complexity index is 805. The maximum absolute atomic E-state index is 11.9. The lowest BCUT2D eigenvalue weighted by molar-refractivity contribution is 0.146. The number of urea groups is 1. The molecule has 134 valence electrons. The van der Waals surface area contributed by atoms with Crippen LogP contribution < -0.4 is 20.5 Å². The van der Waals surface area contributed by atoms with Crippen LogP contribution in [-0.2, 0) is 14.8 Å². The number of hydrogen-bond acceptors (Lipinski definition) is 5. The van der Waals surface area contributed by atoms with E-state index in [0.29, 0.717) is 30.3 Å². The van der Waals surface area contributed by atoms with Gasteiger partial charge in [0, 0.05) is 18.5 Å². The van der Waals surface area contributed by atoms with Crippen molar-refractivity contribution in [3.05, 3.63) is 48.5 Å². The maximum atomic E-state index is 11.9. The summed E-state index contributed by atoms with van der Waals surface area (Å²) in [6.45, 7) is 0.935. The smallest absolute Gasteiger partial charge is 0.323 e. The molecule has 0 aliphatic carbocycles. The van der Waals surface area contributed by atoms with Gasteiger partial charge in [-0.05, 0) is 48.5 Å². The van der Waals surface area contributed by atoms with Crippen LogP contribution in [0.25, 0.3) is 0 Å². The van der Waals surface area contributed by atoms with Crippen molar-refractivity contribution in [2.75, 3.05) is 31.0 Å². The van der Waals surface area contributed by atoms with Crippen LogP contribution in [0, 0.1) is 0 Å². The zero-order valence-corrected chi connectivity index (χ0v) is 14.4. The second-order valence-corrected chi connectivity index (χ2v) is 6.58. The zero-order valence-electron chi connectivity index (χ0n) is 13.6. The number of hydrogen-bond donors (Lipinski definition) is 3. The minimum Gasteiger partial charge on any atom is -0.491 e. The molecule has 2 rings (SSSR count). The highest BCUT2D eigenvalue weighted by Gasteiger charge is 2.08. The molecular weight excluding hydrogens is 346 g/mol. The Hall–Kier alpha value is -2.62. The Morgan fingerprint density at radius 2 is 1.48 bits per heavy atom. The largest absolute Gasteiger partial charge is 0.491 e. The van der Waals surface area contributed by atoms with E-state index in [2.05, 4.69) is 10.6 Å². The van der Waals surface area contributed by atoms with Crippen molar-refractivity contribution >= 4 is 27.4 Å². The Morgan fingerprint density at radius 1 is 0.960 bits per heavy atom. The van der Waals surface area contributed by atoms with E-state index in [1.54, 1.807) is 31.4 Å². The van der Waals surface area contributed by atoms with Gasteiger partial charge in [0.15, 0.2) is 0 Å². The highest BCUT2D eigenvalue weighted by Crippen LogP contribution is 2.17. The average Bonchev–Trinajstić information content (AvgIpc) is 2.56. The van der Waals surface area contributed by atoms with Gasteiger partial charge in [0.1, 0.15) is 12.4 Å². The number of ether oxygens (including phenoxy) is 2. The Balaban J connectivity index is 1.89. The molecule has 0 aliphatic heterocycles. The van der Waals surface area contributed by atoms with E-state index >= 15 is 0 Å². The first kappa shape index (κ1) is 18.7. The lowest BCUT2D eigenvalue weighted by Crippen LogP contribution is -2.19. The molecule has 0 unspecified atom stereocenters. The topological polar surface area (TPSA) is 120 Å². The van der Waals surface area contributed by atoms with Crippen LogP contribution in [0.2, 0.25) is 0 Å². The molecule has 25 heavy (non-hydrogen) atoms. The number of anilines is 2. The monoisotopic (exact) mass is 365 g/mol. The van der Waals surface area contributed by atoms with Gasteiger partial charge < -0.3 is 20.1 Å². The van der Waals surface area contributed by atoms with E-state index in [1.165, 1.54) is 24.3 Å². The van der Waals surface area contributed by atoms with Crippen molar-refractivity contribution in [3.8, 4) is 5.75 Å². The Kier molecular flexibility index (Phi) is 6.34. The predicted molar refractivity (Wildman–Crippen MR) is 94.3 cm³/mol. The molecule has 0 fully saturated rings. The van der Waals surface area contributed by atoms with Crippen molar-refractivity contribution in [1.29, 1.82) is 0 Å². The summed E-state index contributed by atoms with van der Waals surface area (Å²) < 4.78 is 32.7. The van der Waals surface area contributed by atoms with Gasteiger partial charge >= 0.3 is 6.03 Å². The molecule has 8 nitrogen and oxygen atoms in total. The lowest BCUT2D eigenvalue weighted by atomic mass is 10.3. The van der Waals surface area contributed by atoms with Gasteiger partial charge in [-0.2, -0.15) is 0 Å². The first-order valence-electron chi connectivity index (χ1n) is 7.31. The molecule has 0 aliphatic rings. The molecule has 0 atom stereocenters. The third-order valence-electron chi connectivity index (χ3n) is 3.11. The summed E-state index contributed by atoms with van der Waals surface area (Å²) in [5.74, 6) is 0.668. The minimum absolute atomic E-state index is 0.0254. The number of rotatable bonds is 7. The number of amides is 2. The van der Waals surface area contributed by atoms with E-state index in [0.717, 1.165) is 0 Å². The summed E-state index contributed by atoms with van der Waals surface area (Å²) >= 11 is 0. The van der Waals surface area contributed by atoms with E-state index in [-0.39, 0.29) is 4.90 Å². The summed E-state index contributed by atoms with van der Waals surface area (Å²) in [6.07, 6.45) is 0. The van der Waals surface area contributed by atoms with Crippen molar-refractivity contribution in [2.45, 2.75) is 4.90 Å². The van der Waals surface area contributed by atoms with E-state index in [1.807, 2.05) is 0 Å². The average molecular weight is 365 g/mol. The Labute approximate surface area is 146 Å². The molecule has 2 aromatic rings. The summed E-state index contributed by atoms with van der Waals surface area (Å²) in [6, 6.07) is 11.9. The van der Waals surface area contributed by atoms with Crippen LogP contribution in [0.3, 0.4) is 0 Å². The number of methoxy groups -OCH3 is 1. The molecule has 4 N–H and O–H groups in total. The van der Waals surface area contributed by atoms with Gasteiger partial charge in [0.2, 0.25) is 10.0 Å². The molecule has 0 saturated carbocycles. The van der Waals surface area contributed by atoms with Crippen LogP contribution in [0.15, 0.2) is 53.4 Å². The van der Waals surface area contributed by atoms with Crippen LogP contribution in [0.1, 0.15) is 0 Å². The molecular formula is C16H19N3O5S. The number of carbonyl (C=O) groups is 1. The molecule has 9 heteroatoms. The van der Waals surface area contributed by atoms with Crippen LogP contribution in [0.4, 0.5) is 16.2 Å². The van der Waals surface area contributed by atoms with Crippen LogP contribution in [-0.4, -0.2) is 34.8 Å². The van der Waals surface area contributed by atoms with Gasteiger partial charge in [-0.15, -0.1) is 0 Å². The maximum Gasteiger partial charge on any atom is 0.323 e. The van der Waals surface area contributed by atoms with Crippen molar-refractivity contribution < 1.29 is 22.7 Å². The number of nitrogens with two attached hydrogens (primary N) is 1. The van der Waals surface area contributed by atoms with Crippen molar-refractivity contribution in [3.63, 3.8) is 0 Å².